The van der Waals surface area contributed by atoms with E-state index in [1.54, 1.807) is 50.2 Å². The highest BCUT2D eigenvalue weighted by Gasteiger charge is 2.45. The predicted octanol–water partition coefficient (Wildman–Crippen LogP) is 3.24. The van der Waals surface area contributed by atoms with Gasteiger partial charge in [-0.1, -0.05) is 11.6 Å². The smallest absolute Gasteiger partial charge is 0.291 e. The van der Waals surface area contributed by atoms with Gasteiger partial charge in [0.1, 0.15) is 23.5 Å². The first-order valence-electron chi connectivity index (χ1n) is 8.04. The van der Waals surface area contributed by atoms with E-state index in [2.05, 4.69) is 6.07 Å². The van der Waals surface area contributed by atoms with E-state index in [4.69, 9.17) is 20.9 Å². The van der Waals surface area contributed by atoms with Crippen LogP contribution in [0.4, 0.5) is 0 Å². The Labute approximate surface area is 153 Å². The maximum atomic E-state index is 12.9. The van der Waals surface area contributed by atoms with Crippen molar-refractivity contribution in [3.8, 4) is 11.8 Å². The molecule has 0 amide bonds. The Morgan fingerprint density at radius 2 is 2.04 bits per heavy atom. The number of hydrogen-bond donors (Lipinski definition) is 1. The van der Waals surface area contributed by atoms with Crippen molar-refractivity contribution in [1.82, 2.24) is 4.74 Å². The van der Waals surface area contributed by atoms with Crippen molar-refractivity contribution in [3.63, 3.8) is 0 Å². The Morgan fingerprint density at radius 1 is 1.27 bits per heavy atom. The van der Waals surface area contributed by atoms with Gasteiger partial charge in [-0.15, -0.1) is 0 Å². The molecule has 2 aromatic carbocycles. The maximum absolute atomic E-state index is 12.9. The normalized spacial score (nSPS) is 21.0. The van der Waals surface area contributed by atoms with Crippen LogP contribution in [0.3, 0.4) is 0 Å². The van der Waals surface area contributed by atoms with E-state index in [1.807, 2.05) is 0 Å². The van der Waals surface area contributed by atoms with Crippen LogP contribution in [0.5, 0.6) is 5.75 Å². The van der Waals surface area contributed by atoms with Crippen molar-refractivity contribution in [3.05, 3.63) is 62.9 Å². The minimum absolute atomic E-state index is 0.331. The number of aliphatic hydroxyl groups excluding tert-OH is 1. The van der Waals surface area contributed by atoms with E-state index in [-0.39, 0.29) is 5.56 Å². The number of fused-ring (bicyclic) bond motifs is 2. The zero-order chi connectivity index (χ0) is 18.6. The van der Waals surface area contributed by atoms with Crippen molar-refractivity contribution in [2.45, 2.75) is 31.6 Å². The van der Waals surface area contributed by atoms with Crippen molar-refractivity contribution in [2.75, 3.05) is 0 Å². The van der Waals surface area contributed by atoms with Gasteiger partial charge < -0.3 is 14.4 Å². The molecule has 7 heteroatoms. The molecule has 1 N–H and O–H groups in total. The highest BCUT2D eigenvalue weighted by Crippen LogP contribution is 2.42. The number of hydrogen-bond acceptors (Lipinski definition) is 5. The molecule has 0 spiro atoms. The Hall–Kier alpha value is -2.75. The predicted molar refractivity (Wildman–Crippen MR) is 95.5 cm³/mol. The fraction of sp³-hybridized carbons (Fsp3) is 0.263. The summed E-state index contributed by atoms with van der Waals surface area (Å²) >= 11 is 5.98. The van der Waals surface area contributed by atoms with Gasteiger partial charge in [0.2, 0.25) is 0 Å². The average molecular weight is 371 g/mol. The molecule has 0 saturated heterocycles. The van der Waals surface area contributed by atoms with Crippen LogP contribution in [0, 0.1) is 11.3 Å². The van der Waals surface area contributed by atoms with Crippen molar-refractivity contribution < 1.29 is 14.4 Å². The summed E-state index contributed by atoms with van der Waals surface area (Å²) in [4.78, 5) is 12.9. The lowest BCUT2D eigenvalue weighted by Gasteiger charge is -2.41. The molecule has 2 unspecified atom stereocenters. The van der Waals surface area contributed by atoms with Gasteiger partial charge in [0.25, 0.3) is 5.56 Å². The SMILES string of the molecule is CC1(C)Oc2ccc(C#N)cc2C(n2oc3cc(Cl)ccc3c2=O)C1O. The summed E-state index contributed by atoms with van der Waals surface area (Å²) in [5.41, 5.74) is -0.0923. The van der Waals surface area contributed by atoms with Gasteiger partial charge in [0.15, 0.2) is 5.58 Å². The number of nitriles is 1. The minimum atomic E-state index is -1.07. The fourth-order valence-corrected chi connectivity index (χ4v) is 3.45. The molecule has 6 nitrogen and oxygen atoms in total. The first-order valence-corrected chi connectivity index (χ1v) is 8.42. The monoisotopic (exact) mass is 370 g/mol. The van der Waals surface area contributed by atoms with E-state index < -0.39 is 17.7 Å². The number of rotatable bonds is 1. The van der Waals surface area contributed by atoms with Crippen LogP contribution in [-0.4, -0.2) is 21.6 Å². The molecule has 1 aromatic heterocycles. The van der Waals surface area contributed by atoms with Gasteiger partial charge >= 0.3 is 0 Å². The summed E-state index contributed by atoms with van der Waals surface area (Å²) in [6, 6.07) is 10.9. The summed E-state index contributed by atoms with van der Waals surface area (Å²) in [5, 5.41) is 20.9. The van der Waals surface area contributed by atoms with Crippen LogP contribution >= 0.6 is 11.6 Å². The molecule has 26 heavy (non-hydrogen) atoms. The molecule has 2 atom stereocenters. The van der Waals surface area contributed by atoms with Gasteiger partial charge in [0, 0.05) is 16.7 Å². The fourth-order valence-electron chi connectivity index (χ4n) is 3.29. The summed E-state index contributed by atoms with van der Waals surface area (Å²) in [6.07, 6.45) is -1.07. The molecule has 1 aliphatic heterocycles. The van der Waals surface area contributed by atoms with Gasteiger partial charge in [-0.05, 0) is 44.2 Å². The molecule has 0 radical (unpaired) electrons. The summed E-state index contributed by atoms with van der Waals surface area (Å²) < 4.78 is 12.7. The van der Waals surface area contributed by atoms with Crippen molar-refractivity contribution in [1.29, 1.82) is 5.26 Å². The Morgan fingerprint density at radius 3 is 2.77 bits per heavy atom. The third-order valence-electron chi connectivity index (χ3n) is 4.67. The molecule has 0 aliphatic carbocycles. The molecular weight excluding hydrogens is 356 g/mol. The van der Waals surface area contributed by atoms with Gasteiger partial charge in [-0.2, -0.15) is 10.0 Å². The molecule has 132 valence electrons. The van der Waals surface area contributed by atoms with E-state index in [0.29, 0.717) is 32.9 Å². The van der Waals surface area contributed by atoms with Crippen LogP contribution in [0.2, 0.25) is 5.02 Å². The molecule has 1 aliphatic rings. The van der Waals surface area contributed by atoms with Gasteiger partial charge in [-0.3, -0.25) is 4.79 Å². The maximum Gasteiger partial charge on any atom is 0.291 e. The lowest BCUT2D eigenvalue weighted by Crippen LogP contribution is -2.51. The number of benzene rings is 2. The largest absolute Gasteiger partial charge is 0.485 e. The second kappa shape index (κ2) is 5.63. The lowest BCUT2D eigenvalue weighted by atomic mass is 9.86. The second-order valence-corrected chi connectivity index (χ2v) is 7.26. The van der Waals surface area contributed by atoms with Crippen molar-refractivity contribution in [2.24, 2.45) is 0 Å². The van der Waals surface area contributed by atoms with Crippen molar-refractivity contribution >= 4 is 22.6 Å². The average Bonchev–Trinajstić information content (AvgIpc) is 2.91. The summed E-state index contributed by atoms with van der Waals surface area (Å²) in [5.74, 6) is 0.495. The van der Waals surface area contributed by atoms with E-state index in [0.717, 1.165) is 4.74 Å². The third-order valence-corrected chi connectivity index (χ3v) is 4.90. The highest BCUT2D eigenvalue weighted by atomic mass is 35.5. The van der Waals surface area contributed by atoms with Crippen LogP contribution in [-0.2, 0) is 0 Å². The first kappa shape index (κ1) is 16.7. The van der Waals surface area contributed by atoms with E-state index in [9.17, 15) is 15.2 Å². The number of aromatic nitrogens is 1. The van der Waals surface area contributed by atoms with Gasteiger partial charge in [-0.25, -0.2) is 0 Å². The number of nitrogens with zero attached hydrogens (tertiary/aromatic N) is 2. The van der Waals surface area contributed by atoms with Gasteiger partial charge in [0.05, 0.1) is 17.0 Å². The molecule has 0 bridgehead atoms. The Kier molecular flexibility index (Phi) is 3.62. The zero-order valence-corrected chi connectivity index (χ0v) is 14.8. The minimum Gasteiger partial charge on any atom is -0.485 e. The number of ether oxygens (including phenoxy) is 1. The Bertz CT molecular complexity index is 1120. The highest BCUT2D eigenvalue weighted by molar-refractivity contribution is 6.31. The number of aliphatic hydroxyl groups is 1. The molecule has 0 fully saturated rings. The summed E-state index contributed by atoms with van der Waals surface area (Å²) in [6.45, 7) is 3.47. The lowest BCUT2D eigenvalue weighted by molar-refractivity contribution is -0.0764. The molecule has 3 aromatic rings. The summed E-state index contributed by atoms with van der Waals surface area (Å²) in [7, 11) is 0. The first-order chi connectivity index (χ1) is 12.3. The quantitative estimate of drug-likeness (QED) is 0.710. The van der Waals surface area contributed by atoms with Crippen LogP contribution in [0.15, 0.2) is 45.7 Å². The third kappa shape index (κ3) is 2.40. The van der Waals surface area contributed by atoms with Crippen LogP contribution < -0.4 is 10.3 Å². The molecule has 4 rings (SSSR count). The molecule has 2 heterocycles. The molecular formula is C19H15ClN2O4. The zero-order valence-electron chi connectivity index (χ0n) is 14.1. The molecule has 0 saturated carbocycles. The Balaban J connectivity index is 2.00. The van der Waals surface area contributed by atoms with E-state index >= 15 is 0 Å². The second-order valence-electron chi connectivity index (χ2n) is 6.82. The standard InChI is InChI=1S/C19H15ClN2O4/c1-19(2)17(23)16(13-7-10(9-21)3-6-14(13)25-19)22-18(24)12-5-4-11(20)8-15(12)26-22/h3-8,16-17,23H,1-2H3. The number of halogens is 1. The van der Waals surface area contributed by atoms with Crippen LogP contribution in [0.25, 0.3) is 11.0 Å². The topological polar surface area (TPSA) is 88.4 Å². The van der Waals surface area contributed by atoms with E-state index in [1.165, 1.54) is 0 Å². The van der Waals surface area contributed by atoms with Crippen LogP contribution in [0.1, 0.15) is 31.0 Å².